The summed E-state index contributed by atoms with van der Waals surface area (Å²) in [5.41, 5.74) is 16.5. The Morgan fingerprint density at radius 1 is 0.889 bits per heavy atom. The summed E-state index contributed by atoms with van der Waals surface area (Å²) in [7, 11) is 0. The van der Waals surface area contributed by atoms with Gasteiger partial charge in [-0.25, -0.2) is 0 Å². The minimum absolute atomic E-state index is 0.561. The summed E-state index contributed by atoms with van der Waals surface area (Å²) in [6, 6.07) is 17.6. The van der Waals surface area contributed by atoms with Gasteiger partial charge in [0.1, 0.15) is 0 Å². The maximum atomic E-state index is 5.48. The average Bonchev–Trinajstić information content (AvgIpc) is 2.41. The highest BCUT2D eigenvalue weighted by Gasteiger charge is 1.86. The van der Waals surface area contributed by atoms with Crippen molar-refractivity contribution in [3.05, 3.63) is 65.7 Å². The lowest BCUT2D eigenvalue weighted by atomic mass is 10.2. The maximum absolute atomic E-state index is 5.48. The first-order valence-corrected chi connectivity index (χ1v) is 5.78. The molecule has 0 saturated heterocycles. The Balaban J connectivity index is 0.000000180. The molecule has 0 atom stereocenters. The summed E-state index contributed by atoms with van der Waals surface area (Å²) in [4.78, 5) is 0. The molecular weight excluding hydrogens is 224 g/mol. The number of hydrogen-bond acceptors (Lipinski definition) is 4. The molecule has 0 spiro atoms. The molecule has 0 heterocycles. The molecule has 2 aromatic carbocycles. The molecule has 18 heavy (non-hydrogen) atoms. The highest BCUT2D eigenvalue weighted by molar-refractivity contribution is 5.40. The van der Waals surface area contributed by atoms with E-state index in [-0.39, 0.29) is 0 Å². The monoisotopic (exact) mass is 244 g/mol. The fraction of sp³-hybridized carbons (Fsp3) is 0.143. The van der Waals surface area contributed by atoms with Crippen molar-refractivity contribution in [2.45, 2.75) is 13.1 Å². The molecule has 4 heteroatoms. The Labute approximate surface area is 108 Å². The zero-order valence-electron chi connectivity index (χ0n) is 10.3. The molecule has 0 amide bonds. The van der Waals surface area contributed by atoms with Crippen LogP contribution in [0.4, 0.5) is 5.69 Å². The number of benzene rings is 2. The normalized spacial score (nSPS) is 9.44. The van der Waals surface area contributed by atoms with Gasteiger partial charge in [-0.05, 0) is 23.3 Å². The van der Waals surface area contributed by atoms with E-state index in [2.05, 4.69) is 5.43 Å². The first-order valence-electron chi connectivity index (χ1n) is 5.78. The molecule has 0 aliphatic carbocycles. The molecule has 0 unspecified atom stereocenters. The Kier molecular flexibility index (Phi) is 6.50. The summed E-state index contributed by atoms with van der Waals surface area (Å²) in [6.07, 6.45) is 0. The molecule has 2 rings (SSSR count). The third-order valence-corrected chi connectivity index (χ3v) is 2.34. The van der Waals surface area contributed by atoms with Gasteiger partial charge < -0.3 is 11.5 Å². The lowest BCUT2D eigenvalue weighted by Crippen LogP contribution is -2.20. The maximum Gasteiger partial charge on any atom is 0.0348 e. The second kappa shape index (κ2) is 8.25. The van der Waals surface area contributed by atoms with Crippen molar-refractivity contribution in [3.8, 4) is 0 Å². The van der Waals surface area contributed by atoms with Gasteiger partial charge in [-0.1, -0.05) is 42.5 Å². The van der Waals surface area contributed by atoms with Crippen molar-refractivity contribution in [1.29, 1.82) is 0 Å². The van der Waals surface area contributed by atoms with E-state index in [9.17, 15) is 0 Å². The summed E-state index contributed by atoms with van der Waals surface area (Å²) in [6.45, 7) is 1.30. The minimum atomic E-state index is 0.561. The molecular formula is C14H20N4. The largest absolute Gasteiger partial charge is 0.399 e. The van der Waals surface area contributed by atoms with Gasteiger partial charge in [-0.2, -0.15) is 0 Å². The summed E-state index contributed by atoms with van der Waals surface area (Å²) < 4.78 is 0. The van der Waals surface area contributed by atoms with Gasteiger partial charge in [0.05, 0.1) is 0 Å². The molecule has 0 bridgehead atoms. The fourth-order valence-corrected chi connectivity index (χ4v) is 1.43. The molecule has 2 aromatic rings. The molecule has 0 aliphatic rings. The lowest BCUT2D eigenvalue weighted by molar-refractivity contribution is 0.741. The molecule has 0 radical (unpaired) electrons. The molecule has 0 fully saturated rings. The van der Waals surface area contributed by atoms with Crippen molar-refractivity contribution in [2.75, 3.05) is 5.73 Å². The van der Waals surface area contributed by atoms with Crippen molar-refractivity contribution in [1.82, 2.24) is 5.43 Å². The van der Waals surface area contributed by atoms with Gasteiger partial charge in [-0.3, -0.25) is 11.3 Å². The highest BCUT2D eigenvalue weighted by atomic mass is 15.2. The van der Waals surface area contributed by atoms with Crippen molar-refractivity contribution >= 4 is 5.69 Å². The van der Waals surface area contributed by atoms with Crippen molar-refractivity contribution < 1.29 is 0 Å². The van der Waals surface area contributed by atoms with E-state index in [0.717, 1.165) is 17.8 Å². The summed E-state index contributed by atoms with van der Waals surface area (Å²) >= 11 is 0. The van der Waals surface area contributed by atoms with Crippen LogP contribution >= 0.6 is 0 Å². The highest BCUT2D eigenvalue weighted by Crippen LogP contribution is 2.04. The Bertz CT molecular complexity index is 443. The smallest absolute Gasteiger partial charge is 0.0348 e. The van der Waals surface area contributed by atoms with Crippen LogP contribution in [0.1, 0.15) is 11.1 Å². The number of rotatable bonds is 3. The van der Waals surface area contributed by atoms with Gasteiger partial charge in [0, 0.05) is 18.8 Å². The Hall–Kier alpha value is -1.88. The van der Waals surface area contributed by atoms with Crippen LogP contribution in [0.5, 0.6) is 0 Å². The standard InChI is InChI=1S/2C7H10N2/c8-5-6-2-1-3-7(9)4-6;8-9-6-7-4-2-1-3-5-7/h1-4H,5,8-9H2;1-5,9H,6,8H2. The molecule has 0 aromatic heterocycles. The first-order chi connectivity index (χ1) is 8.76. The van der Waals surface area contributed by atoms with E-state index in [1.807, 2.05) is 54.6 Å². The van der Waals surface area contributed by atoms with E-state index in [4.69, 9.17) is 17.3 Å². The number of nitrogen functional groups attached to an aromatic ring is 1. The van der Waals surface area contributed by atoms with Gasteiger partial charge in [0.15, 0.2) is 0 Å². The quantitative estimate of drug-likeness (QED) is 0.373. The molecule has 7 N–H and O–H groups in total. The fourth-order valence-electron chi connectivity index (χ4n) is 1.43. The van der Waals surface area contributed by atoms with Crippen LogP contribution in [0.2, 0.25) is 0 Å². The first kappa shape index (κ1) is 14.2. The van der Waals surface area contributed by atoms with Crippen LogP contribution in [-0.2, 0) is 13.1 Å². The van der Waals surface area contributed by atoms with Crippen molar-refractivity contribution in [2.24, 2.45) is 11.6 Å². The molecule has 0 saturated carbocycles. The number of nitrogens with one attached hydrogen (secondary N) is 1. The zero-order valence-corrected chi connectivity index (χ0v) is 10.3. The van der Waals surface area contributed by atoms with E-state index in [0.29, 0.717) is 6.54 Å². The van der Waals surface area contributed by atoms with E-state index < -0.39 is 0 Å². The van der Waals surface area contributed by atoms with Gasteiger partial charge in [0.2, 0.25) is 0 Å². The van der Waals surface area contributed by atoms with Gasteiger partial charge in [0.25, 0.3) is 0 Å². The third-order valence-electron chi connectivity index (χ3n) is 2.34. The van der Waals surface area contributed by atoms with Crippen LogP contribution in [0.3, 0.4) is 0 Å². The van der Waals surface area contributed by atoms with Gasteiger partial charge >= 0.3 is 0 Å². The Morgan fingerprint density at radius 2 is 1.56 bits per heavy atom. The van der Waals surface area contributed by atoms with Gasteiger partial charge in [-0.15, -0.1) is 0 Å². The predicted molar refractivity (Wildman–Crippen MR) is 76.2 cm³/mol. The topological polar surface area (TPSA) is 90.1 Å². The molecule has 96 valence electrons. The van der Waals surface area contributed by atoms with E-state index >= 15 is 0 Å². The molecule has 0 aliphatic heterocycles. The predicted octanol–water partition coefficient (Wildman–Crippen LogP) is 1.38. The number of anilines is 1. The number of nitrogens with two attached hydrogens (primary N) is 3. The zero-order chi connectivity index (χ0) is 13.2. The number of hydrogen-bond donors (Lipinski definition) is 4. The molecule has 4 nitrogen and oxygen atoms in total. The van der Waals surface area contributed by atoms with Crippen LogP contribution in [0.15, 0.2) is 54.6 Å². The van der Waals surface area contributed by atoms with E-state index in [1.165, 1.54) is 5.56 Å². The van der Waals surface area contributed by atoms with Crippen molar-refractivity contribution in [3.63, 3.8) is 0 Å². The van der Waals surface area contributed by atoms with Crippen LogP contribution in [-0.4, -0.2) is 0 Å². The minimum Gasteiger partial charge on any atom is -0.399 e. The second-order valence-corrected chi connectivity index (χ2v) is 3.82. The second-order valence-electron chi connectivity index (χ2n) is 3.82. The van der Waals surface area contributed by atoms with E-state index in [1.54, 1.807) is 0 Å². The van der Waals surface area contributed by atoms with Crippen LogP contribution < -0.4 is 22.7 Å². The third kappa shape index (κ3) is 5.45. The summed E-state index contributed by atoms with van der Waals surface area (Å²) in [5.74, 6) is 5.11. The van der Waals surface area contributed by atoms with Crippen LogP contribution in [0.25, 0.3) is 0 Å². The SMILES string of the molecule is NCc1cccc(N)c1.NNCc1ccccc1. The average molecular weight is 244 g/mol. The Morgan fingerprint density at radius 3 is 2.06 bits per heavy atom. The van der Waals surface area contributed by atoms with Crippen LogP contribution in [0, 0.1) is 0 Å². The summed E-state index contributed by atoms with van der Waals surface area (Å²) in [5, 5.41) is 0. The number of hydrazine groups is 1. The lowest BCUT2D eigenvalue weighted by Gasteiger charge is -1.95.